The summed E-state index contributed by atoms with van der Waals surface area (Å²) in [6.45, 7) is -0.666. The van der Waals surface area contributed by atoms with Crippen LogP contribution in [0.5, 0.6) is 5.75 Å². The van der Waals surface area contributed by atoms with E-state index in [4.69, 9.17) is 15.2 Å². The average Bonchev–Trinajstić information content (AvgIpc) is 3.59. The van der Waals surface area contributed by atoms with Gasteiger partial charge in [0.15, 0.2) is 0 Å². The zero-order chi connectivity index (χ0) is 24.8. The van der Waals surface area contributed by atoms with Gasteiger partial charge in [-0.25, -0.2) is 27.5 Å². The number of nitrogens with one attached hydrogen (secondary N) is 1. The second-order valence-electron chi connectivity index (χ2n) is 9.32. The summed E-state index contributed by atoms with van der Waals surface area (Å²) in [5, 5.41) is 2.58. The monoisotopic (exact) mass is 492 g/mol. The van der Waals surface area contributed by atoms with Crippen molar-refractivity contribution in [1.82, 2.24) is 4.98 Å². The van der Waals surface area contributed by atoms with Crippen LogP contribution in [-0.2, 0) is 10.3 Å². The van der Waals surface area contributed by atoms with Crippen molar-refractivity contribution in [2.45, 2.75) is 43.2 Å². The molecule has 35 heavy (non-hydrogen) atoms. The lowest BCUT2D eigenvalue weighted by Gasteiger charge is -2.40. The van der Waals surface area contributed by atoms with E-state index in [0.29, 0.717) is 18.3 Å². The van der Waals surface area contributed by atoms with E-state index in [1.165, 1.54) is 24.4 Å². The van der Waals surface area contributed by atoms with Gasteiger partial charge >= 0.3 is 0 Å². The molecule has 2 heterocycles. The summed E-state index contributed by atoms with van der Waals surface area (Å²) in [5.41, 5.74) is 3.59. The van der Waals surface area contributed by atoms with Crippen LogP contribution in [0.2, 0.25) is 0 Å². The first kappa shape index (κ1) is 23.4. The molecule has 2 aliphatic carbocycles. The number of nitrogens with zero attached hydrogens (tertiary/aromatic N) is 2. The predicted molar refractivity (Wildman–Crippen MR) is 119 cm³/mol. The number of carbonyl (C=O) groups is 1. The maximum atomic E-state index is 15.0. The highest BCUT2D eigenvalue weighted by molar-refractivity contribution is 6.02. The zero-order valence-corrected chi connectivity index (χ0v) is 18.6. The molecule has 1 aromatic carbocycles. The number of fused-ring (bicyclic) bond motifs is 1. The molecule has 2 fully saturated rings. The Morgan fingerprint density at radius 3 is 2.71 bits per heavy atom. The Morgan fingerprint density at radius 1 is 1.23 bits per heavy atom. The number of benzene rings is 1. The molecule has 1 aliphatic heterocycles. The molecule has 186 valence electrons. The Morgan fingerprint density at radius 2 is 2.03 bits per heavy atom. The van der Waals surface area contributed by atoms with Gasteiger partial charge in [-0.05, 0) is 49.1 Å². The summed E-state index contributed by atoms with van der Waals surface area (Å²) in [7, 11) is 0. The number of alkyl halides is 3. The molecule has 0 bridgehead atoms. The average molecular weight is 492 g/mol. The lowest BCUT2D eigenvalue weighted by Crippen LogP contribution is -2.48. The Kier molecular flexibility index (Phi) is 5.80. The predicted octanol–water partition coefficient (Wildman–Crippen LogP) is 4.19. The fourth-order valence-corrected chi connectivity index (χ4v) is 4.72. The van der Waals surface area contributed by atoms with Crippen molar-refractivity contribution >= 4 is 17.6 Å². The molecule has 3 aliphatic rings. The van der Waals surface area contributed by atoms with Crippen molar-refractivity contribution in [1.29, 1.82) is 0 Å². The van der Waals surface area contributed by atoms with Gasteiger partial charge in [0.1, 0.15) is 35.6 Å². The quantitative estimate of drug-likeness (QED) is 0.565. The molecule has 2 unspecified atom stereocenters. The molecule has 0 radical (unpaired) electrons. The summed E-state index contributed by atoms with van der Waals surface area (Å²) in [4.78, 5) is 20.8. The number of amides is 1. The standard InChI is InChI=1S/C24H24F4N4O3/c25-12-24(17-8-23(27,28)9-20(17)35-22(29)32-24)16-7-14(3-5-18(16)26)31-21(33)19-6-4-15(10-30-19)34-11-13-1-2-13/h3-7,10,13,17,20H,1-2,8-9,11-12H2,(H2,29,32)(H,31,33)/t17?,20-,24?/m0/s1. The third-order valence-corrected chi connectivity index (χ3v) is 6.71. The van der Waals surface area contributed by atoms with E-state index in [0.717, 1.165) is 18.9 Å². The van der Waals surface area contributed by atoms with Gasteiger partial charge in [-0.2, -0.15) is 0 Å². The van der Waals surface area contributed by atoms with Crippen molar-refractivity contribution in [2.24, 2.45) is 22.6 Å². The largest absolute Gasteiger partial charge is 0.492 e. The minimum absolute atomic E-state index is 0.0821. The van der Waals surface area contributed by atoms with Crippen molar-refractivity contribution in [3.8, 4) is 5.75 Å². The summed E-state index contributed by atoms with van der Waals surface area (Å²) in [6, 6.07) is 6.12. The molecule has 1 aromatic heterocycles. The van der Waals surface area contributed by atoms with Gasteiger partial charge in [-0.3, -0.25) is 4.79 Å². The number of halogens is 4. The Balaban J connectivity index is 1.39. The summed E-state index contributed by atoms with van der Waals surface area (Å²) in [5.74, 6) is -4.60. The van der Waals surface area contributed by atoms with E-state index < -0.39 is 60.7 Å². The van der Waals surface area contributed by atoms with Gasteiger partial charge in [0, 0.05) is 30.0 Å². The van der Waals surface area contributed by atoms with Crippen LogP contribution in [0.25, 0.3) is 0 Å². The van der Waals surface area contributed by atoms with E-state index in [9.17, 15) is 22.4 Å². The third-order valence-electron chi connectivity index (χ3n) is 6.71. The topological polar surface area (TPSA) is 98.8 Å². The Labute approximate surface area is 198 Å². The first-order chi connectivity index (χ1) is 16.7. The number of aliphatic imine (C=N–C) groups is 1. The first-order valence-electron chi connectivity index (χ1n) is 11.3. The lowest BCUT2D eigenvalue weighted by molar-refractivity contribution is -0.00299. The summed E-state index contributed by atoms with van der Waals surface area (Å²) in [6.07, 6.45) is 1.22. The molecule has 2 aromatic rings. The molecule has 11 heteroatoms. The maximum absolute atomic E-state index is 15.0. The number of hydrogen-bond donors (Lipinski definition) is 2. The molecule has 2 saturated carbocycles. The molecule has 0 spiro atoms. The van der Waals surface area contributed by atoms with Crippen molar-refractivity contribution in [3.05, 3.63) is 53.6 Å². The van der Waals surface area contributed by atoms with Crippen LogP contribution in [0.4, 0.5) is 23.2 Å². The molecule has 5 rings (SSSR count). The van der Waals surface area contributed by atoms with Gasteiger partial charge in [0.05, 0.1) is 12.8 Å². The molecule has 7 nitrogen and oxygen atoms in total. The Bertz CT molecular complexity index is 1160. The highest BCUT2D eigenvalue weighted by Crippen LogP contribution is 2.53. The van der Waals surface area contributed by atoms with E-state index in [1.807, 2.05) is 0 Å². The van der Waals surface area contributed by atoms with Crippen LogP contribution in [0, 0.1) is 17.7 Å². The second-order valence-corrected chi connectivity index (χ2v) is 9.32. The smallest absolute Gasteiger partial charge is 0.283 e. The minimum Gasteiger partial charge on any atom is -0.492 e. The van der Waals surface area contributed by atoms with Crippen molar-refractivity contribution < 1.29 is 31.8 Å². The van der Waals surface area contributed by atoms with Gasteiger partial charge in [-0.15, -0.1) is 0 Å². The number of anilines is 1. The summed E-state index contributed by atoms with van der Waals surface area (Å²) < 4.78 is 68.7. The number of amidine groups is 1. The van der Waals surface area contributed by atoms with Crippen LogP contribution >= 0.6 is 0 Å². The molecular formula is C24H24F4N4O3. The fourth-order valence-electron chi connectivity index (χ4n) is 4.72. The van der Waals surface area contributed by atoms with E-state index in [1.54, 1.807) is 6.07 Å². The summed E-state index contributed by atoms with van der Waals surface area (Å²) >= 11 is 0. The highest BCUT2D eigenvalue weighted by Gasteiger charge is 2.60. The van der Waals surface area contributed by atoms with Crippen LogP contribution in [0.1, 0.15) is 41.7 Å². The van der Waals surface area contributed by atoms with E-state index >= 15 is 0 Å². The number of aromatic nitrogens is 1. The number of nitrogens with two attached hydrogens (primary N) is 1. The van der Waals surface area contributed by atoms with Crippen molar-refractivity contribution in [3.63, 3.8) is 0 Å². The molecule has 3 atom stereocenters. The number of rotatable bonds is 7. The number of carbonyl (C=O) groups excluding carboxylic acids is 1. The molecule has 0 saturated heterocycles. The molecule has 3 N–H and O–H groups in total. The van der Waals surface area contributed by atoms with Crippen LogP contribution in [0.15, 0.2) is 41.5 Å². The van der Waals surface area contributed by atoms with E-state index in [-0.39, 0.29) is 16.9 Å². The number of pyridine rings is 1. The molecule has 1 amide bonds. The van der Waals surface area contributed by atoms with Crippen LogP contribution < -0.4 is 15.8 Å². The third kappa shape index (κ3) is 4.63. The lowest BCUT2D eigenvalue weighted by atomic mass is 9.76. The second kappa shape index (κ2) is 8.69. The van der Waals surface area contributed by atoms with Crippen LogP contribution in [-0.4, -0.2) is 42.2 Å². The maximum Gasteiger partial charge on any atom is 0.283 e. The SMILES string of the molecule is NC1=NC(CF)(c2cc(NC(=O)c3ccc(OCC4CC4)cn3)ccc2F)C2CC(F)(F)C[C@@H]2O1. The fraction of sp³-hybridized carbons (Fsp3) is 0.458. The van der Waals surface area contributed by atoms with Gasteiger partial charge < -0.3 is 20.5 Å². The first-order valence-corrected chi connectivity index (χ1v) is 11.3. The van der Waals surface area contributed by atoms with E-state index in [2.05, 4.69) is 15.3 Å². The molecular weight excluding hydrogens is 468 g/mol. The van der Waals surface area contributed by atoms with Crippen molar-refractivity contribution in [2.75, 3.05) is 18.6 Å². The highest BCUT2D eigenvalue weighted by atomic mass is 19.3. The Hall–Kier alpha value is -3.37. The van der Waals surface area contributed by atoms with Gasteiger partial charge in [-0.1, -0.05) is 0 Å². The van der Waals surface area contributed by atoms with Gasteiger partial charge in [0.25, 0.3) is 17.9 Å². The van der Waals surface area contributed by atoms with Crippen LogP contribution in [0.3, 0.4) is 0 Å². The minimum atomic E-state index is -3.13. The number of hydrogen-bond acceptors (Lipinski definition) is 6. The number of ether oxygens (including phenoxy) is 2. The zero-order valence-electron chi connectivity index (χ0n) is 18.6. The normalized spacial score (nSPS) is 26.9. The van der Waals surface area contributed by atoms with Gasteiger partial charge in [0.2, 0.25) is 0 Å².